The standard InChI is InChI=1S/C28H35N3O4/c1-28(2,3)35-27(33)29-22-13-11-21(12-14-22)8-6-7-15-31-20-24(23-9-4-5-10-25(23)31)26(32)30-16-18-34-19-17-30/h4-5,9-14,20H,6-8,15-19H2,1-3H3,(H,29,33). The van der Waals surface area contributed by atoms with Gasteiger partial charge in [0.2, 0.25) is 0 Å². The zero-order valence-electron chi connectivity index (χ0n) is 20.9. The van der Waals surface area contributed by atoms with Crippen molar-refractivity contribution in [3.63, 3.8) is 0 Å². The summed E-state index contributed by atoms with van der Waals surface area (Å²) in [7, 11) is 0. The molecule has 7 heteroatoms. The van der Waals surface area contributed by atoms with Crippen LogP contribution in [0, 0.1) is 0 Å². The van der Waals surface area contributed by atoms with Crippen LogP contribution in [0.4, 0.5) is 10.5 Å². The number of fused-ring (bicyclic) bond motifs is 1. The molecule has 1 saturated heterocycles. The second-order valence-corrected chi connectivity index (χ2v) is 9.94. The number of ether oxygens (including phenoxy) is 2. The lowest BCUT2D eigenvalue weighted by atomic mass is 10.1. The van der Waals surface area contributed by atoms with E-state index < -0.39 is 11.7 Å². The van der Waals surface area contributed by atoms with Crippen LogP contribution < -0.4 is 5.32 Å². The van der Waals surface area contributed by atoms with E-state index in [0.29, 0.717) is 26.3 Å². The first-order chi connectivity index (χ1) is 16.8. The SMILES string of the molecule is CC(C)(C)OC(=O)Nc1ccc(CCCCn2cc(C(=O)N3CCOCC3)c3ccccc32)cc1. The molecule has 7 nitrogen and oxygen atoms in total. The molecule has 1 aliphatic rings. The van der Waals surface area contributed by atoms with Gasteiger partial charge in [0.15, 0.2) is 0 Å². The molecule has 186 valence electrons. The zero-order chi connectivity index (χ0) is 24.8. The zero-order valence-corrected chi connectivity index (χ0v) is 20.9. The van der Waals surface area contributed by atoms with Crippen LogP contribution >= 0.6 is 0 Å². The minimum atomic E-state index is -0.522. The molecule has 0 aliphatic carbocycles. The smallest absolute Gasteiger partial charge is 0.412 e. The van der Waals surface area contributed by atoms with Crippen molar-refractivity contribution < 1.29 is 19.1 Å². The van der Waals surface area contributed by atoms with Crippen molar-refractivity contribution in [2.75, 3.05) is 31.6 Å². The number of nitrogens with zero attached hydrogens (tertiary/aromatic N) is 2. The molecule has 2 heterocycles. The van der Waals surface area contributed by atoms with E-state index in [1.54, 1.807) is 0 Å². The molecule has 1 fully saturated rings. The fraction of sp³-hybridized carbons (Fsp3) is 0.429. The highest BCUT2D eigenvalue weighted by atomic mass is 16.6. The summed E-state index contributed by atoms with van der Waals surface area (Å²) in [5.74, 6) is 0.0864. The van der Waals surface area contributed by atoms with Crippen molar-refractivity contribution in [1.29, 1.82) is 0 Å². The third-order valence-electron chi connectivity index (χ3n) is 6.03. The van der Waals surface area contributed by atoms with Crippen LogP contribution in [0.3, 0.4) is 0 Å². The number of carbonyl (C=O) groups excluding carboxylic acids is 2. The van der Waals surface area contributed by atoms with Gasteiger partial charge in [0.25, 0.3) is 5.91 Å². The molecule has 0 spiro atoms. The van der Waals surface area contributed by atoms with Crippen LogP contribution in [0.25, 0.3) is 10.9 Å². The van der Waals surface area contributed by atoms with E-state index in [1.807, 2.05) is 74.3 Å². The van der Waals surface area contributed by atoms with Gasteiger partial charge in [-0.25, -0.2) is 4.79 Å². The van der Waals surface area contributed by atoms with Crippen molar-refractivity contribution >= 4 is 28.6 Å². The first-order valence-corrected chi connectivity index (χ1v) is 12.3. The molecule has 2 aromatic carbocycles. The van der Waals surface area contributed by atoms with Gasteiger partial charge in [0, 0.05) is 42.4 Å². The fourth-order valence-electron chi connectivity index (χ4n) is 4.33. The molecule has 0 radical (unpaired) electrons. The lowest BCUT2D eigenvalue weighted by Crippen LogP contribution is -2.40. The van der Waals surface area contributed by atoms with Gasteiger partial charge in [-0.1, -0.05) is 30.3 Å². The van der Waals surface area contributed by atoms with Crippen molar-refractivity contribution in [2.24, 2.45) is 0 Å². The highest BCUT2D eigenvalue weighted by Crippen LogP contribution is 2.24. The van der Waals surface area contributed by atoms with Gasteiger partial charge in [-0.15, -0.1) is 0 Å². The first kappa shape index (κ1) is 24.8. The van der Waals surface area contributed by atoms with Gasteiger partial charge < -0.3 is 18.9 Å². The Kier molecular flexibility index (Phi) is 7.76. The maximum absolute atomic E-state index is 13.1. The molecule has 0 bridgehead atoms. The van der Waals surface area contributed by atoms with E-state index in [9.17, 15) is 9.59 Å². The Morgan fingerprint density at radius 3 is 2.43 bits per heavy atom. The number of para-hydroxylation sites is 1. The van der Waals surface area contributed by atoms with Gasteiger partial charge in [-0.05, 0) is 63.8 Å². The van der Waals surface area contributed by atoms with E-state index in [0.717, 1.165) is 48.0 Å². The molecule has 3 aromatic rings. The molecular weight excluding hydrogens is 442 g/mol. The molecular formula is C28H35N3O4. The predicted octanol–water partition coefficient (Wildman–Crippen LogP) is 5.48. The number of hydrogen-bond acceptors (Lipinski definition) is 4. The van der Waals surface area contributed by atoms with Crippen molar-refractivity contribution in [3.8, 4) is 0 Å². The summed E-state index contributed by atoms with van der Waals surface area (Å²) in [6.45, 7) is 8.87. The van der Waals surface area contributed by atoms with Crippen molar-refractivity contribution in [3.05, 3.63) is 65.9 Å². The molecule has 1 aromatic heterocycles. The number of aryl methyl sites for hydroxylation is 2. The number of rotatable bonds is 7. The monoisotopic (exact) mass is 477 g/mol. The van der Waals surface area contributed by atoms with E-state index in [4.69, 9.17) is 9.47 Å². The van der Waals surface area contributed by atoms with Gasteiger partial charge in [-0.2, -0.15) is 0 Å². The summed E-state index contributed by atoms with van der Waals surface area (Å²) in [5.41, 5.74) is 3.29. The number of morpholine rings is 1. The van der Waals surface area contributed by atoms with Crippen molar-refractivity contribution in [2.45, 2.75) is 52.2 Å². The molecule has 4 rings (SSSR count). The lowest BCUT2D eigenvalue weighted by molar-refractivity contribution is 0.0304. The third kappa shape index (κ3) is 6.63. The number of benzene rings is 2. The maximum Gasteiger partial charge on any atom is 0.412 e. The van der Waals surface area contributed by atoms with E-state index in [-0.39, 0.29) is 5.91 Å². The number of hydrogen-bond donors (Lipinski definition) is 1. The number of carbonyl (C=O) groups is 2. The number of aromatic nitrogens is 1. The minimum Gasteiger partial charge on any atom is -0.444 e. The second-order valence-electron chi connectivity index (χ2n) is 9.94. The molecule has 0 saturated carbocycles. The van der Waals surface area contributed by atoms with Gasteiger partial charge in [0.05, 0.1) is 18.8 Å². The van der Waals surface area contributed by atoms with Crippen molar-refractivity contribution in [1.82, 2.24) is 9.47 Å². The number of anilines is 1. The number of nitrogens with one attached hydrogen (secondary N) is 1. The summed E-state index contributed by atoms with van der Waals surface area (Å²) in [6, 6.07) is 16.0. The van der Waals surface area contributed by atoms with E-state index in [2.05, 4.69) is 16.0 Å². The Bertz CT molecular complexity index is 1160. The van der Waals surface area contributed by atoms with Crippen LogP contribution in [-0.2, 0) is 22.4 Å². The highest BCUT2D eigenvalue weighted by Gasteiger charge is 2.22. The molecule has 0 atom stereocenters. The van der Waals surface area contributed by atoms with Crippen LogP contribution in [-0.4, -0.2) is 53.4 Å². The number of amides is 2. The molecule has 1 N–H and O–H groups in total. The van der Waals surface area contributed by atoms with Crippen LogP contribution in [0.1, 0.15) is 49.5 Å². The Balaban J connectivity index is 1.32. The summed E-state index contributed by atoms with van der Waals surface area (Å²) in [6.07, 6.45) is 4.54. The first-order valence-electron chi connectivity index (χ1n) is 12.3. The molecule has 1 aliphatic heterocycles. The normalized spacial score (nSPS) is 14.2. The number of unbranched alkanes of at least 4 members (excludes halogenated alkanes) is 1. The Labute approximate surface area is 207 Å². The quantitative estimate of drug-likeness (QED) is 0.457. The predicted molar refractivity (Wildman–Crippen MR) is 138 cm³/mol. The molecule has 2 amide bonds. The average Bonchev–Trinajstić information content (AvgIpc) is 3.20. The second kappa shape index (κ2) is 11.0. The largest absolute Gasteiger partial charge is 0.444 e. The van der Waals surface area contributed by atoms with Gasteiger partial charge in [-0.3, -0.25) is 10.1 Å². The Hall–Kier alpha value is -3.32. The van der Waals surface area contributed by atoms with Crippen LogP contribution in [0.2, 0.25) is 0 Å². The van der Waals surface area contributed by atoms with Gasteiger partial charge >= 0.3 is 6.09 Å². The third-order valence-corrected chi connectivity index (χ3v) is 6.03. The summed E-state index contributed by atoms with van der Waals surface area (Å²) in [4.78, 5) is 26.9. The molecule has 35 heavy (non-hydrogen) atoms. The summed E-state index contributed by atoms with van der Waals surface area (Å²) in [5, 5.41) is 3.78. The summed E-state index contributed by atoms with van der Waals surface area (Å²) < 4.78 is 12.9. The summed E-state index contributed by atoms with van der Waals surface area (Å²) >= 11 is 0. The maximum atomic E-state index is 13.1. The highest BCUT2D eigenvalue weighted by molar-refractivity contribution is 6.07. The fourth-order valence-corrected chi connectivity index (χ4v) is 4.33. The van der Waals surface area contributed by atoms with Crippen LogP contribution in [0.15, 0.2) is 54.7 Å². The topological polar surface area (TPSA) is 72.8 Å². The minimum absolute atomic E-state index is 0.0864. The van der Waals surface area contributed by atoms with E-state index >= 15 is 0 Å². The van der Waals surface area contributed by atoms with E-state index in [1.165, 1.54) is 5.56 Å². The lowest BCUT2D eigenvalue weighted by Gasteiger charge is -2.26. The molecule has 0 unspecified atom stereocenters. The Morgan fingerprint density at radius 2 is 1.71 bits per heavy atom. The Morgan fingerprint density at radius 1 is 1.00 bits per heavy atom. The van der Waals surface area contributed by atoms with Gasteiger partial charge in [0.1, 0.15) is 5.60 Å². The van der Waals surface area contributed by atoms with Crippen LogP contribution in [0.5, 0.6) is 0 Å². The average molecular weight is 478 g/mol.